The molecule has 1 N–H and O–H groups in total. The summed E-state index contributed by atoms with van der Waals surface area (Å²) in [6.07, 6.45) is 5.14. The molecule has 0 saturated heterocycles. The molecule has 0 atom stereocenters. The van der Waals surface area contributed by atoms with Crippen LogP contribution in [0.25, 0.3) is 6.08 Å². The van der Waals surface area contributed by atoms with Crippen molar-refractivity contribution < 1.29 is 14.6 Å². The molecule has 0 aromatic heterocycles. The van der Waals surface area contributed by atoms with Gasteiger partial charge in [0.1, 0.15) is 12.4 Å². The van der Waals surface area contributed by atoms with Crippen LogP contribution in [0, 0.1) is 0 Å². The highest BCUT2D eigenvalue weighted by Crippen LogP contribution is 2.29. The van der Waals surface area contributed by atoms with Gasteiger partial charge in [-0.05, 0) is 29.8 Å². The first-order valence-corrected chi connectivity index (χ1v) is 6.65. The van der Waals surface area contributed by atoms with Crippen LogP contribution in [-0.2, 0) is 4.79 Å². The van der Waals surface area contributed by atoms with Crippen molar-refractivity contribution in [1.82, 2.24) is 4.90 Å². The van der Waals surface area contributed by atoms with Crippen molar-refractivity contribution in [3.05, 3.63) is 46.5 Å². The van der Waals surface area contributed by atoms with Gasteiger partial charge in [-0.15, -0.1) is 0 Å². The molecule has 0 saturated carbocycles. The van der Waals surface area contributed by atoms with Gasteiger partial charge in [0, 0.05) is 30.3 Å². The first-order valence-electron chi connectivity index (χ1n) is 6.27. The molecule has 20 heavy (non-hydrogen) atoms. The zero-order valence-corrected chi connectivity index (χ0v) is 11.9. The normalized spacial score (nSPS) is 13.7. The maximum atomic E-state index is 11.7. The van der Waals surface area contributed by atoms with Crippen LogP contribution in [0.2, 0.25) is 5.02 Å². The monoisotopic (exact) mass is 293 g/mol. The average Bonchev–Trinajstić information content (AvgIpc) is 2.44. The molecular weight excluding hydrogens is 278 g/mol. The summed E-state index contributed by atoms with van der Waals surface area (Å²) in [5.41, 5.74) is 1.80. The average molecular weight is 294 g/mol. The summed E-state index contributed by atoms with van der Waals surface area (Å²) in [6.45, 7) is 0.688. The van der Waals surface area contributed by atoms with Crippen molar-refractivity contribution in [3.8, 4) is 5.75 Å². The molecule has 1 aromatic rings. The molecule has 1 aliphatic heterocycles. The quantitative estimate of drug-likeness (QED) is 0.865. The Hall–Kier alpha value is -1.78. The van der Waals surface area contributed by atoms with Gasteiger partial charge in [-0.2, -0.15) is 0 Å². The molecule has 0 bridgehead atoms. The minimum Gasteiger partial charge on any atom is -0.488 e. The maximum absolute atomic E-state index is 11.7. The van der Waals surface area contributed by atoms with E-state index in [9.17, 15) is 4.79 Å². The van der Waals surface area contributed by atoms with E-state index in [4.69, 9.17) is 21.4 Å². The molecule has 4 nitrogen and oxygen atoms in total. The van der Waals surface area contributed by atoms with Crippen LogP contribution >= 0.6 is 11.6 Å². The number of amides is 1. The van der Waals surface area contributed by atoms with Gasteiger partial charge in [-0.25, -0.2) is 0 Å². The third-order valence-corrected chi connectivity index (χ3v) is 3.19. The van der Waals surface area contributed by atoms with Crippen LogP contribution in [0.1, 0.15) is 5.56 Å². The number of ether oxygens (including phenoxy) is 1. The van der Waals surface area contributed by atoms with E-state index in [1.807, 2.05) is 18.2 Å². The van der Waals surface area contributed by atoms with E-state index in [2.05, 4.69) is 0 Å². The second-order valence-corrected chi connectivity index (χ2v) is 4.94. The molecule has 0 radical (unpaired) electrons. The number of rotatable bonds is 4. The Morgan fingerprint density at radius 3 is 3.10 bits per heavy atom. The van der Waals surface area contributed by atoms with Gasteiger partial charge in [0.05, 0.1) is 6.61 Å². The van der Waals surface area contributed by atoms with Crippen molar-refractivity contribution >= 4 is 23.6 Å². The Balaban J connectivity index is 2.09. The fourth-order valence-electron chi connectivity index (χ4n) is 1.83. The first kappa shape index (κ1) is 14.6. The molecule has 1 heterocycles. The Bertz CT molecular complexity index is 566. The SMILES string of the molecule is CN(CCO)C(=O)/C=C/C1=Cc2cc(Cl)ccc2OC1. The fraction of sp³-hybridized carbons (Fsp3) is 0.267. The zero-order chi connectivity index (χ0) is 14.5. The van der Waals surface area contributed by atoms with Crippen molar-refractivity contribution in [2.45, 2.75) is 0 Å². The third kappa shape index (κ3) is 3.62. The second kappa shape index (κ2) is 6.59. The fourth-order valence-corrected chi connectivity index (χ4v) is 2.01. The van der Waals surface area contributed by atoms with Crippen molar-refractivity contribution in [2.24, 2.45) is 0 Å². The van der Waals surface area contributed by atoms with Gasteiger partial charge in [0.2, 0.25) is 5.91 Å². The molecule has 1 aromatic carbocycles. The van der Waals surface area contributed by atoms with E-state index < -0.39 is 0 Å². The van der Waals surface area contributed by atoms with Gasteiger partial charge in [0.15, 0.2) is 0 Å². The Morgan fingerprint density at radius 2 is 2.35 bits per heavy atom. The summed E-state index contributed by atoms with van der Waals surface area (Å²) < 4.78 is 5.59. The molecule has 106 valence electrons. The van der Waals surface area contributed by atoms with E-state index in [0.29, 0.717) is 18.2 Å². The zero-order valence-electron chi connectivity index (χ0n) is 11.2. The highest BCUT2D eigenvalue weighted by atomic mass is 35.5. The lowest BCUT2D eigenvalue weighted by molar-refractivity contribution is -0.125. The molecule has 5 heteroatoms. The van der Waals surface area contributed by atoms with E-state index in [-0.39, 0.29) is 12.5 Å². The van der Waals surface area contributed by atoms with Crippen molar-refractivity contribution in [1.29, 1.82) is 0 Å². The van der Waals surface area contributed by atoms with Crippen LogP contribution in [-0.4, -0.2) is 42.7 Å². The minimum atomic E-state index is -0.156. The Kier molecular flexibility index (Phi) is 4.82. The maximum Gasteiger partial charge on any atom is 0.246 e. The van der Waals surface area contributed by atoms with Gasteiger partial charge in [0.25, 0.3) is 0 Å². The second-order valence-electron chi connectivity index (χ2n) is 4.51. The number of likely N-dealkylation sites (N-methyl/N-ethyl adjacent to an activating group) is 1. The summed E-state index contributed by atoms with van der Waals surface area (Å²) in [5.74, 6) is 0.632. The first-order chi connectivity index (χ1) is 9.60. The molecule has 1 aliphatic rings. The Morgan fingerprint density at radius 1 is 1.55 bits per heavy atom. The Labute approximate surface area is 122 Å². The number of carbonyl (C=O) groups excluding carboxylic acids is 1. The molecule has 0 fully saturated rings. The summed E-state index contributed by atoms with van der Waals surface area (Å²) in [7, 11) is 1.64. The number of nitrogens with zero attached hydrogens (tertiary/aromatic N) is 1. The number of benzene rings is 1. The summed E-state index contributed by atoms with van der Waals surface area (Å²) in [4.78, 5) is 13.2. The number of fused-ring (bicyclic) bond motifs is 1. The molecule has 0 unspecified atom stereocenters. The van der Waals surface area contributed by atoms with Crippen LogP contribution in [0.4, 0.5) is 0 Å². The van der Waals surface area contributed by atoms with E-state index in [1.165, 1.54) is 11.0 Å². The summed E-state index contributed by atoms with van der Waals surface area (Å²) >= 11 is 5.94. The van der Waals surface area contributed by atoms with Crippen LogP contribution in [0.3, 0.4) is 0 Å². The summed E-state index contributed by atoms with van der Waals surface area (Å²) in [6, 6.07) is 5.43. The van der Waals surface area contributed by atoms with Gasteiger partial charge >= 0.3 is 0 Å². The largest absolute Gasteiger partial charge is 0.488 e. The van der Waals surface area contributed by atoms with Crippen LogP contribution in [0.15, 0.2) is 35.9 Å². The lowest BCUT2D eigenvalue weighted by Gasteiger charge is -2.16. The van der Waals surface area contributed by atoms with Crippen molar-refractivity contribution in [3.63, 3.8) is 0 Å². The van der Waals surface area contributed by atoms with Gasteiger partial charge < -0.3 is 14.7 Å². The highest BCUT2D eigenvalue weighted by molar-refractivity contribution is 6.30. The number of halogens is 1. The number of hydrogen-bond acceptors (Lipinski definition) is 3. The molecular formula is C15H16ClNO3. The van der Waals surface area contributed by atoms with Gasteiger partial charge in [-0.3, -0.25) is 4.79 Å². The minimum absolute atomic E-state index is 0.0479. The number of aliphatic hydroxyl groups is 1. The number of hydrogen-bond donors (Lipinski definition) is 1. The van der Waals surface area contributed by atoms with Crippen molar-refractivity contribution in [2.75, 3.05) is 26.8 Å². The van der Waals surface area contributed by atoms with E-state index in [1.54, 1.807) is 19.2 Å². The molecule has 2 rings (SSSR count). The highest BCUT2D eigenvalue weighted by Gasteiger charge is 2.10. The van der Waals surface area contributed by atoms with Gasteiger partial charge in [-0.1, -0.05) is 17.7 Å². The molecule has 0 aliphatic carbocycles. The van der Waals surface area contributed by atoms with E-state index >= 15 is 0 Å². The lowest BCUT2D eigenvalue weighted by atomic mass is 10.1. The lowest BCUT2D eigenvalue weighted by Crippen LogP contribution is -2.27. The predicted molar refractivity (Wildman–Crippen MR) is 78.8 cm³/mol. The topological polar surface area (TPSA) is 49.8 Å². The molecule has 1 amide bonds. The van der Waals surface area contributed by atoms with E-state index in [0.717, 1.165) is 16.9 Å². The smallest absolute Gasteiger partial charge is 0.246 e. The standard InChI is InChI=1S/C15H16ClNO3/c1-17(6-7-18)15(19)5-2-11-8-12-9-13(16)3-4-14(12)20-10-11/h2-5,8-9,18H,6-7,10H2,1H3/b5-2+. The van der Waals surface area contributed by atoms with Crippen LogP contribution < -0.4 is 4.74 Å². The summed E-state index contributed by atoms with van der Waals surface area (Å²) in [5, 5.41) is 9.42. The third-order valence-electron chi connectivity index (χ3n) is 2.96. The van der Waals surface area contributed by atoms with Crippen LogP contribution in [0.5, 0.6) is 5.75 Å². The molecule has 0 spiro atoms. The number of aliphatic hydroxyl groups excluding tert-OH is 1. The number of carbonyl (C=O) groups is 1. The predicted octanol–water partition coefficient (Wildman–Crippen LogP) is 2.12.